The molecule has 4 aliphatic carbocycles. The van der Waals surface area contributed by atoms with Crippen LogP contribution in [0, 0.1) is 17.8 Å². The summed E-state index contributed by atoms with van der Waals surface area (Å²) < 4.78 is 0. The highest BCUT2D eigenvalue weighted by atomic mass is 15.1. The molecule has 268 valence electrons. The number of rotatable bonds is 6. The first kappa shape index (κ1) is 33.4. The Hall–Kier alpha value is -5.21. The van der Waals surface area contributed by atoms with E-state index in [4.69, 9.17) is 4.99 Å². The van der Waals surface area contributed by atoms with E-state index in [-0.39, 0.29) is 5.41 Å². The predicted octanol–water partition coefficient (Wildman–Crippen LogP) is 12.3. The van der Waals surface area contributed by atoms with Gasteiger partial charge in [-0.1, -0.05) is 166 Å². The van der Waals surface area contributed by atoms with Gasteiger partial charge in [0, 0.05) is 28.9 Å². The molecule has 7 unspecified atom stereocenters. The first-order valence-corrected chi connectivity index (χ1v) is 20.3. The Bertz CT molecular complexity index is 2360. The molecule has 10 rings (SSSR count). The maximum Gasteiger partial charge on any atom is 0.128 e. The molecule has 0 amide bonds. The van der Waals surface area contributed by atoms with Crippen LogP contribution in [0.1, 0.15) is 91.7 Å². The minimum atomic E-state index is 0.0379. The number of amidine groups is 1. The Morgan fingerprint density at radius 1 is 0.667 bits per heavy atom. The third kappa shape index (κ3) is 5.82. The van der Waals surface area contributed by atoms with Crippen LogP contribution in [0.3, 0.4) is 0 Å². The fourth-order valence-corrected chi connectivity index (χ4v) is 10.5. The summed E-state index contributed by atoms with van der Waals surface area (Å²) in [5.74, 6) is 3.69. The van der Waals surface area contributed by atoms with Crippen molar-refractivity contribution >= 4 is 11.4 Å². The molecule has 7 atom stereocenters. The van der Waals surface area contributed by atoms with E-state index in [2.05, 4.69) is 178 Å². The number of hydrogen-bond donors (Lipinski definition) is 1. The van der Waals surface area contributed by atoms with E-state index >= 15 is 0 Å². The molecule has 1 aliphatic heterocycles. The number of fused-ring (bicyclic) bond motifs is 4. The lowest BCUT2D eigenvalue weighted by Gasteiger charge is -2.30. The lowest BCUT2D eigenvalue weighted by Crippen LogP contribution is -2.31. The minimum Gasteiger partial charge on any atom is -0.366 e. The highest BCUT2D eigenvalue weighted by Gasteiger charge is 2.54. The summed E-state index contributed by atoms with van der Waals surface area (Å²) in [6.45, 7) is 7.11. The van der Waals surface area contributed by atoms with Crippen LogP contribution >= 0.6 is 0 Å². The highest BCUT2D eigenvalue weighted by Crippen LogP contribution is 2.54. The monoisotopic (exact) mass is 702 g/mol. The molecule has 2 nitrogen and oxygen atoms in total. The van der Waals surface area contributed by atoms with Crippen LogP contribution in [0.5, 0.6) is 0 Å². The van der Waals surface area contributed by atoms with Gasteiger partial charge in [0.05, 0.1) is 6.04 Å². The summed E-state index contributed by atoms with van der Waals surface area (Å²) in [4.78, 5) is 5.46. The van der Waals surface area contributed by atoms with Gasteiger partial charge in [0.15, 0.2) is 0 Å². The molecule has 0 bridgehead atoms. The van der Waals surface area contributed by atoms with Gasteiger partial charge in [-0.3, -0.25) is 4.99 Å². The van der Waals surface area contributed by atoms with Crippen LogP contribution in [0.25, 0.3) is 27.8 Å². The second-order valence-corrected chi connectivity index (χ2v) is 17.1. The Labute approximate surface area is 321 Å². The predicted molar refractivity (Wildman–Crippen MR) is 226 cm³/mol. The Morgan fingerprint density at radius 2 is 1.43 bits per heavy atom. The van der Waals surface area contributed by atoms with Gasteiger partial charge in [0.2, 0.25) is 0 Å². The van der Waals surface area contributed by atoms with Gasteiger partial charge >= 0.3 is 0 Å². The van der Waals surface area contributed by atoms with Crippen molar-refractivity contribution in [1.29, 1.82) is 0 Å². The van der Waals surface area contributed by atoms with E-state index < -0.39 is 0 Å². The Balaban J connectivity index is 0.896. The molecule has 1 saturated carbocycles. The first-order chi connectivity index (χ1) is 26.4. The van der Waals surface area contributed by atoms with Crippen molar-refractivity contribution < 1.29 is 0 Å². The largest absolute Gasteiger partial charge is 0.366 e. The van der Waals surface area contributed by atoms with Crippen molar-refractivity contribution in [3.63, 3.8) is 0 Å². The summed E-state index contributed by atoms with van der Waals surface area (Å²) in [5, 5.41) is 3.97. The lowest BCUT2D eigenvalue weighted by atomic mass is 9.78. The molecule has 5 aromatic carbocycles. The molecule has 0 aromatic heterocycles. The number of nitrogens with one attached hydrogen (secondary N) is 1. The zero-order valence-electron chi connectivity index (χ0n) is 31.8. The van der Waals surface area contributed by atoms with Gasteiger partial charge in [-0.15, -0.1) is 0 Å². The molecule has 54 heavy (non-hydrogen) atoms. The van der Waals surface area contributed by atoms with Crippen molar-refractivity contribution in [3.05, 3.63) is 185 Å². The fraction of sp³-hybridized carbons (Fsp3) is 0.288. The molecule has 0 spiro atoms. The number of hydrogen-bond acceptors (Lipinski definition) is 2. The van der Waals surface area contributed by atoms with Crippen LogP contribution in [-0.4, -0.2) is 17.9 Å². The van der Waals surface area contributed by atoms with E-state index in [0.717, 1.165) is 18.7 Å². The zero-order valence-corrected chi connectivity index (χ0v) is 31.8. The van der Waals surface area contributed by atoms with E-state index in [9.17, 15) is 0 Å². The van der Waals surface area contributed by atoms with Gasteiger partial charge in [-0.05, 0) is 105 Å². The number of benzene rings is 5. The fourth-order valence-electron chi connectivity index (χ4n) is 10.5. The number of allylic oxidation sites excluding steroid dienone is 6. The van der Waals surface area contributed by atoms with Gasteiger partial charge in [-0.25, -0.2) is 0 Å². The second kappa shape index (κ2) is 13.3. The zero-order chi connectivity index (χ0) is 36.4. The average molecular weight is 703 g/mol. The minimum absolute atomic E-state index is 0.0379. The topological polar surface area (TPSA) is 24.4 Å². The van der Waals surface area contributed by atoms with Gasteiger partial charge in [0.25, 0.3) is 0 Å². The quantitative estimate of drug-likeness (QED) is 0.175. The van der Waals surface area contributed by atoms with Crippen molar-refractivity contribution in [1.82, 2.24) is 5.32 Å². The van der Waals surface area contributed by atoms with Gasteiger partial charge in [-0.2, -0.15) is 0 Å². The molecular weight excluding hydrogens is 653 g/mol. The molecule has 1 heterocycles. The molecule has 0 radical (unpaired) electrons. The summed E-state index contributed by atoms with van der Waals surface area (Å²) >= 11 is 0. The molecule has 0 saturated heterocycles. The lowest BCUT2D eigenvalue weighted by molar-refractivity contribution is 0.295. The summed E-state index contributed by atoms with van der Waals surface area (Å²) in [5.41, 5.74) is 15.1. The van der Waals surface area contributed by atoms with Crippen LogP contribution in [0.15, 0.2) is 157 Å². The molecule has 5 aromatic rings. The third-order valence-corrected chi connectivity index (χ3v) is 13.6. The highest BCUT2D eigenvalue weighted by molar-refractivity contribution is 5.99. The molecule has 2 heteroatoms. The van der Waals surface area contributed by atoms with Crippen LogP contribution in [-0.2, 0) is 5.41 Å². The van der Waals surface area contributed by atoms with E-state index in [1.165, 1.54) is 74.0 Å². The molecule has 1 fully saturated rings. The Morgan fingerprint density at radius 3 is 2.30 bits per heavy atom. The van der Waals surface area contributed by atoms with Crippen LogP contribution in [0.2, 0.25) is 0 Å². The average Bonchev–Trinajstić information content (AvgIpc) is 3.89. The van der Waals surface area contributed by atoms with Crippen molar-refractivity contribution in [3.8, 4) is 22.3 Å². The molecular formula is C52H50N2. The van der Waals surface area contributed by atoms with Crippen LogP contribution in [0.4, 0.5) is 0 Å². The van der Waals surface area contributed by atoms with Gasteiger partial charge < -0.3 is 5.32 Å². The number of aliphatic imine (C=N–C) groups is 1. The summed E-state index contributed by atoms with van der Waals surface area (Å²) in [6, 6.07) is 46.4. The normalized spacial score (nSPS) is 27.4. The first-order valence-electron chi connectivity index (χ1n) is 20.3. The maximum absolute atomic E-state index is 5.46. The number of nitrogens with zero attached hydrogens (tertiary/aromatic N) is 1. The van der Waals surface area contributed by atoms with Crippen molar-refractivity contribution in [2.24, 2.45) is 22.7 Å². The van der Waals surface area contributed by atoms with E-state index in [1.54, 1.807) is 0 Å². The Kier molecular flexibility index (Phi) is 8.20. The van der Waals surface area contributed by atoms with Gasteiger partial charge in [0.1, 0.15) is 5.84 Å². The SMILES string of the molecule is CC1C=CCCC1C1CC2C(NC(c3ccccc3)=N1)C2c1cccc(-c2cccc(C3=CC=CC(c4ccc5c(c4)-c4ccccc4C5(C)C)C3)c2)c1. The van der Waals surface area contributed by atoms with Crippen molar-refractivity contribution in [2.75, 3.05) is 0 Å². The van der Waals surface area contributed by atoms with E-state index in [1.807, 2.05) is 0 Å². The molecule has 1 N–H and O–H groups in total. The standard InChI is InChI=1S/C52H50N2/c1-33-14-7-8-23-42(33)48-32-45-49(50(45)54-51(53-48)34-15-5-4-6-16-34)41-22-13-21-39(30-41)37-19-11-17-35(28-37)36-18-12-20-38(29-36)40-26-27-47-44(31-40)43-24-9-10-25-46(43)52(47,2)3/h4-7,9-22,24-28,30-31,33,38,42,45,48-50H,8,23,29,32H2,1-3H3,(H,53,54). The van der Waals surface area contributed by atoms with Crippen LogP contribution < -0.4 is 5.32 Å². The summed E-state index contributed by atoms with van der Waals surface area (Å²) in [6.07, 6.45) is 16.3. The summed E-state index contributed by atoms with van der Waals surface area (Å²) in [7, 11) is 0. The van der Waals surface area contributed by atoms with Crippen molar-refractivity contribution in [2.45, 2.75) is 75.8 Å². The smallest absolute Gasteiger partial charge is 0.128 e. The van der Waals surface area contributed by atoms with E-state index in [0.29, 0.717) is 41.7 Å². The molecule has 5 aliphatic rings. The maximum atomic E-state index is 5.46. The second-order valence-electron chi connectivity index (χ2n) is 17.1. The third-order valence-electron chi connectivity index (χ3n) is 13.6.